The summed E-state index contributed by atoms with van der Waals surface area (Å²) in [5.74, 6) is 5.63. The Balaban J connectivity index is 2.83. The third kappa shape index (κ3) is 0.913. The molecule has 4 heteroatoms. The molecule has 1 aromatic heterocycles. The van der Waals surface area contributed by atoms with Crippen LogP contribution in [0.5, 0.6) is 0 Å². The van der Waals surface area contributed by atoms with Crippen molar-refractivity contribution in [2.75, 3.05) is 5.43 Å². The van der Waals surface area contributed by atoms with Gasteiger partial charge in [0.15, 0.2) is 0 Å². The summed E-state index contributed by atoms with van der Waals surface area (Å²) in [6, 6.07) is 1.68. The first-order chi connectivity index (χ1) is 3.93. The van der Waals surface area contributed by atoms with Gasteiger partial charge < -0.3 is 5.43 Å². The molecule has 0 aliphatic heterocycles. The van der Waals surface area contributed by atoms with Gasteiger partial charge in [-0.25, -0.2) is 15.8 Å². The van der Waals surface area contributed by atoms with Gasteiger partial charge in [0.2, 0.25) is 0 Å². The maximum absolute atomic E-state index is 5.01. The minimum absolute atomic E-state index is 0.625. The van der Waals surface area contributed by atoms with Gasteiger partial charge in [-0.05, 0) is 0 Å². The Hall–Kier alpha value is -1.16. The molecule has 0 unspecified atom stereocenters. The third-order valence-electron chi connectivity index (χ3n) is 0.730. The van der Waals surface area contributed by atoms with Gasteiger partial charge in [-0.3, -0.25) is 0 Å². The largest absolute Gasteiger partial charge is 0.308 e. The molecule has 0 amide bonds. The lowest BCUT2D eigenvalue weighted by atomic mass is 10.6. The van der Waals surface area contributed by atoms with Crippen molar-refractivity contribution in [3.63, 3.8) is 0 Å². The van der Waals surface area contributed by atoms with Gasteiger partial charge in [0, 0.05) is 12.3 Å². The second-order valence-corrected chi connectivity index (χ2v) is 1.24. The first-order valence-electron chi connectivity index (χ1n) is 2.16. The molecule has 0 aromatic carbocycles. The number of nitrogens with one attached hydrogen (secondary N) is 1. The van der Waals surface area contributed by atoms with Crippen LogP contribution in [0.1, 0.15) is 0 Å². The van der Waals surface area contributed by atoms with Crippen LogP contribution in [0.25, 0.3) is 0 Å². The van der Waals surface area contributed by atoms with E-state index >= 15 is 0 Å². The van der Waals surface area contributed by atoms with Crippen molar-refractivity contribution in [3.8, 4) is 0 Å². The summed E-state index contributed by atoms with van der Waals surface area (Å²) in [5.41, 5.74) is 2.38. The van der Waals surface area contributed by atoms with Crippen molar-refractivity contribution in [2.45, 2.75) is 0 Å². The highest BCUT2D eigenvalue weighted by molar-refractivity contribution is 5.28. The normalized spacial score (nSPS) is 8.62. The van der Waals surface area contributed by atoms with Gasteiger partial charge in [0.1, 0.15) is 12.1 Å². The SMILES string of the molecule is NNc1ccncn1. The van der Waals surface area contributed by atoms with E-state index in [0.717, 1.165) is 0 Å². The second-order valence-electron chi connectivity index (χ2n) is 1.24. The Morgan fingerprint density at radius 2 is 2.50 bits per heavy atom. The van der Waals surface area contributed by atoms with Crippen LogP contribution >= 0.6 is 0 Å². The Morgan fingerprint density at radius 1 is 1.62 bits per heavy atom. The molecule has 8 heavy (non-hydrogen) atoms. The number of hydrogen-bond donors (Lipinski definition) is 2. The lowest BCUT2D eigenvalue weighted by Crippen LogP contribution is -2.07. The number of nitrogens with zero attached hydrogens (tertiary/aromatic N) is 2. The van der Waals surface area contributed by atoms with Gasteiger partial charge in [-0.2, -0.15) is 0 Å². The van der Waals surface area contributed by atoms with Gasteiger partial charge >= 0.3 is 0 Å². The van der Waals surface area contributed by atoms with Gasteiger partial charge in [-0.15, -0.1) is 0 Å². The summed E-state index contributed by atoms with van der Waals surface area (Å²) in [5, 5.41) is 0. The molecule has 0 atom stereocenters. The molecule has 42 valence electrons. The van der Waals surface area contributed by atoms with E-state index < -0.39 is 0 Å². The zero-order valence-corrected chi connectivity index (χ0v) is 4.20. The predicted octanol–water partition coefficient (Wildman–Crippen LogP) is -0.238. The molecular weight excluding hydrogens is 104 g/mol. The highest BCUT2D eigenvalue weighted by Crippen LogP contribution is 1.91. The molecule has 0 aliphatic rings. The quantitative estimate of drug-likeness (QED) is 0.387. The first-order valence-corrected chi connectivity index (χ1v) is 2.16. The summed E-state index contributed by atoms with van der Waals surface area (Å²) in [6.07, 6.45) is 3.04. The van der Waals surface area contributed by atoms with Crippen molar-refractivity contribution < 1.29 is 0 Å². The molecule has 1 heterocycles. The lowest BCUT2D eigenvalue weighted by Gasteiger charge is -1.92. The molecule has 0 fully saturated rings. The van der Waals surface area contributed by atoms with E-state index in [4.69, 9.17) is 5.84 Å². The van der Waals surface area contributed by atoms with Crippen molar-refractivity contribution in [3.05, 3.63) is 18.6 Å². The van der Waals surface area contributed by atoms with Crippen LogP contribution in [0.15, 0.2) is 18.6 Å². The zero-order chi connectivity index (χ0) is 5.82. The third-order valence-corrected chi connectivity index (χ3v) is 0.730. The number of anilines is 1. The highest BCUT2D eigenvalue weighted by atomic mass is 15.2. The van der Waals surface area contributed by atoms with Crippen molar-refractivity contribution in [1.82, 2.24) is 9.97 Å². The Morgan fingerprint density at radius 3 is 2.88 bits per heavy atom. The zero-order valence-electron chi connectivity index (χ0n) is 4.20. The summed E-state index contributed by atoms with van der Waals surface area (Å²) in [7, 11) is 0. The monoisotopic (exact) mass is 110 g/mol. The molecule has 1 rings (SSSR count). The van der Waals surface area contributed by atoms with E-state index in [9.17, 15) is 0 Å². The van der Waals surface area contributed by atoms with Crippen LogP contribution in [0, 0.1) is 0 Å². The molecule has 3 N–H and O–H groups in total. The molecule has 0 radical (unpaired) electrons. The average Bonchev–Trinajstić information content (AvgIpc) is 1.90. The number of aromatic nitrogens is 2. The van der Waals surface area contributed by atoms with E-state index in [-0.39, 0.29) is 0 Å². The smallest absolute Gasteiger partial charge is 0.143 e. The second kappa shape index (κ2) is 2.23. The van der Waals surface area contributed by atoms with E-state index in [1.54, 1.807) is 12.3 Å². The number of hydrogen-bond acceptors (Lipinski definition) is 4. The number of hydrazine groups is 1. The van der Waals surface area contributed by atoms with Crippen LogP contribution in [-0.4, -0.2) is 9.97 Å². The highest BCUT2D eigenvalue weighted by Gasteiger charge is 1.80. The Labute approximate surface area is 46.7 Å². The molecule has 0 bridgehead atoms. The van der Waals surface area contributed by atoms with Gasteiger partial charge in [-0.1, -0.05) is 0 Å². The molecule has 0 saturated heterocycles. The number of nitrogen functional groups attached to an aromatic ring is 1. The summed E-state index contributed by atoms with van der Waals surface area (Å²) >= 11 is 0. The van der Waals surface area contributed by atoms with E-state index in [1.807, 2.05) is 0 Å². The van der Waals surface area contributed by atoms with Crippen LogP contribution < -0.4 is 11.3 Å². The fourth-order valence-corrected chi connectivity index (χ4v) is 0.376. The predicted molar refractivity (Wildman–Crippen MR) is 29.8 cm³/mol. The van der Waals surface area contributed by atoms with Crippen molar-refractivity contribution in [1.29, 1.82) is 0 Å². The topological polar surface area (TPSA) is 63.8 Å². The summed E-state index contributed by atoms with van der Waals surface area (Å²) < 4.78 is 0. The minimum atomic E-state index is 0.625. The molecule has 0 saturated carbocycles. The number of rotatable bonds is 1. The van der Waals surface area contributed by atoms with Crippen LogP contribution in [0.4, 0.5) is 5.82 Å². The number of nitrogens with two attached hydrogens (primary N) is 1. The Kier molecular flexibility index (Phi) is 1.39. The van der Waals surface area contributed by atoms with Crippen LogP contribution in [0.2, 0.25) is 0 Å². The van der Waals surface area contributed by atoms with Crippen molar-refractivity contribution in [2.24, 2.45) is 5.84 Å². The fraction of sp³-hybridized carbons (Fsp3) is 0. The Bertz CT molecular complexity index is 149. The molecule has 0 spiro atoms. The molecule has 0 aliphatic carbocycles. The summed E-state index contributed by atoms with van der Waals surface area (Å²) in [4.78, 5) is 7.44. The molecule has 4 nitrogen and oxygen atoms in total. The van der Waals surface area contributed by atoms with Gasteiger partial charge in [0.25, 0.3) is 0 Å². The minimum Gasteiger partial charge on any atom is -0.308 e. The first kappa shape index (κ1) is 4.99. The molecular formula is C4H6N4. The van der Waals surface area contributed by atoms with E-state index in [2.05, 4.69) is 15.4 Å². The average molecular weight is 110 g/mol. The summed E-state index contributed by atoms with van der Waals surface area (Å²) in [6.45, 7) is 0. The van der Waals surface area contributed by atoms with Crippen LogP contribution in [0.3, 0.4) is 0 Å². The van der Waals surface area contributed by atoms with Crippen LogP contribution in [-0.2, 0) is 0 Å². The lowest BCUT2D eigenvalue weighted by molar-refractivity contribution is 1.14. The van der Waals surface area contributed by atoms with Gasteiger partial charge in [0.05, 0.1) is 0 Å². The van der Waals surface area contributed by atoms with E-state index in [0.29, 0.717) is 5.82 Å². The fourth-order valence-electron chi connectivity index (χ4n) is 0.376. The van der Waals surface area contributed by atoms with E-state index in [1.165, 1.54) is 6.33 Å². The van der Waals surface area contributed by atoms with Crippen molar-refractivity contribution >= 4 is 5.82 Å². The molecule has 1 aromatic rings. The maximum atomic E-state index is 5.01. The standard InChI is InChI=1S/C4H6N4/c5-8-4-1-2-6-3-7-4/h1-3H,5H2,(H,6,7,8). The maximum Gasteiger partial charge on any atom is 0.143 e.